The topological polar surface area (TPSA) is 64.6 Å². The predicted octanol–water partition coefficient (Wildman–Crippen LogP) is 2.48. The van der Waals surface area contributed by atoms with Crippen molar-refractivity contribution in [3.8, 4) is 5.75 Å². The molecule has 5 nitrogen and oxygen atoms in total. The van der Waals surface area contributed by atoms with Gasteiger partial charge in [-0.15, -0.1) is 0 Å². The van der Waals surface area contributed by atoms with Gasteiger partial charge < -0.3 is 14.8 Å². The molecule has 1 aliphatic heterocycles. The molecular formula is C19H19NO4. The fourth-order valence-corrected chi connectivity index (χ4v) is 2.87. The maximum Gasteiger partial charge on any atom is 0.339 e. The highest BCUT2D eigenvalue weighted by atomic mass is 16.6. The van der Waals surface area contributed by atoms with Crippen LogP contribution < -0.4 is 10.1 Å². The van der Waals surface area contributed by atoms with Gasteiger partial charge in [0.15, 0.2) is 5.60 Å². The molecule has 2 aromatic carbocycles. The van der Waals surface area contributed by atoms with Crippen molar-refractivity contribution in [3.63, 3.8) is 0 Å². The molecule has 1 heterocycles. The average molecular weight is 325 g/mol. The molecule has 2 aromatic rings. The summed E-state index contributed by atoms with van der Waals surface area (Å²) in [5.41, 5.74) is 0.990. The van der Waals surface area contributed by atoms with Crippen molar-refractivity contribution in [2.75, 3.05) is 7.11 Å². The van der Waals surface area contributed by atoms with Crippen LogP contribution >= 0.6 is 0 Å². The maximum absolute atomic E-state index is 12.6. The average Bonchev–Trinajstić information content (AvgIpc) is 2.59. The Labute approximate surface area is 140 Å². The standard InChI is InChI=1S/C19H19NO4/c1-19(11-13-7-3-5-9-15(13)17(21)24-19)18(22)20-12-14-8-4-6-10-16(14)23-2/h3-10H,11-12H2,1-2H3,(H,20,22)/t19-/m0/s1. The van der Waals surface area contributed by atoms with Gasteiger partial charge in [0.2, 0.25) is 0 Å². The van der Waals surface area contributed by atoms with Crippen molar-refractivity contribution in [1.29, 1.82) is 0 Å². The molecule has 0 fully saturated rings. The lowest BCUT2D eigenvalue weighted by Crippen LogP contribution is -2.51. The molecule has 0 aromatic heterocycles. The minimum Gasteiger partial charge on any atom is -0.496 e. The first-order valence-corrected chi connectivity index (χ1v) is 7.75. The number of benzene rings is 2. The van der Waals surface area contributed by atoms with E-state index in [-0.39, 0.29) is 5.91 Å². The van der Waals surface area contributed by atoms with Crippen molar-refractivity contribution in [3.05, 3.63) is 65.2 Å². The number of amides is 1. The largest absolute Gasteiger partial charge is 0.496 e. The number of fused-ring (bicyclic) bond motifs is 1. The predicted molar refractivity (Wildman–Crippen MR) is 88.8 cm³/mol. The summed E-state index contributed by atoms with van der Waals surface area (Å²) in [4.78, 5) is 24.8. The molecule has 1 aliphatic rings. The Morgan fingerprint density at radius 2 is 1.92 bits per heavy atom. The van der Waals surface area contributed by atoms with Gasteiger partial charge in [-0.2, -0.15) is 0 Å². The van der Waals surface area contributed by atoms with Crippen LogP contribution in [0, 0.1) is 0 Å². The zero-order valence-electron chi connectivity index (χ0n) is 13.7. The first-order chi connectivity index (χ1) is 11.5. The van der Waals surface area contributed by atoms with Gasteiger partial charge in [0.1, 0.15) is 5.75 Å². The Bertz CT molecular complexity index is 786. The van der Waals surface area contributed by atoms with Crippen LogP contribution in [-0.4, -0.2) is 24.6 Å². The van der Waals surface area contributed by atoms with Crippen LogP contribution in [0.2, 0.25) is 0 Å². The highest BCUT2D eigenvalue weighted by Gasteiger charge is 2.42. The lowest BCUT2D eigenvalue weighted by atomic mass is 9.89. The number of esters is 1. The third kappa shape index (κ3) is 2.97. The van der Waals surface area contributed by atoms with E-state index in [1.54, 1.807) is 26.2 Å². The second-order valence-electron chi connectivity index (χ2n) is 5.95. The van der Waals surface area contributed by atoms with Gasteiger partial charge in [0.25, 0.3) is 5.91 Å². The third-order valence-corrected chi connectivity index (χ3v) is 4.20. The summed E-state index contributed by atoms with van der Waals surface area (Å²) in [6, 6.07) is 14.7. The van der Waals surface area contributed by atoms with Crippen LogP contribution in [0.3, 0.4) is 0 Å². The Hall–Kier alpha value is -2.82. The quantitative estimate of drug-likeness (QED) is 0.877. The molecule has 0 bridgehead atoms. The smallest absolute Gasteiger partial charge is 0.339 e. The van der Waals surface area contributed by atoms with Gasteiger partial charge in [0, 0.05) is 18.5 Å². The van der Waals surface area contributed by atoms with E-state index >= 15 is 0 Å². The lowest BCUT2D eigenvalue weighted by Gasteiger charge is -2.33. The molecule has 24 heavy (non-hydrogen) atoms. The number of ether oxygens (including phenoxy) is 2. The minimum atomic E-state index is -1.21. The summed E-state index contributed by atoms with van der Waals surface area (Å²) in [5, 5.41) is 2.84. The van der Waals surface area contributed by atoms with E-state index in [1.807, 2.05) is 36.4 Å². The molecule has 5 heteroatoms. The molecule has 124 valence electrons. The summed E-state index contributed by atoms with van der Waals surface area (Å²) < 4.78 is 10.7. The third-order valence-electron chi connectivity index (χ3n) is 4.20. The van der Waals surface area contributed by atoms with E-state index in [4.69, 9.17) is 9.47 Å². The molecule has 0 radical (unpaired) electrons. The number of hydrogen-bond acceptors (Lipinski definition) is 4. The van der Waals surface area contributed by atoms with Crippen LogP contribution in [0.15, 0.2) is 48.5 Å². The number of methoxy groups -OCH3 is 1. The highest BCUT2D eigenvalue weighted by Crippen LogP contribution is 2.28. The number of nitrogens with one attached hydrogen (secondary N) is 1. The van der Waals surface area contributed by atoms with Crippen LogP contribution in [0.25, 0.3) is 0 Å². The Morgan fingerprint density at radius 1 is 1.21 bits per heavy atom. The van der Waals surface area contributed by atoms with Crippen molar-refractivity contribution >= 4 is 11.9 Å². The number of carbonyl (C=O) groups excluding carboxylic acids is 2. The SMILES string of the molecule is COc1ccccc1CNC(=O)[C@]1(C)Cc2ccccc2C(=O)O1. The van der Waals surface area contributed by atoms with E-state index in [1.165, 1.54) is 0 Å². The zero-order valence-corrected chi connectivity index (χ0v) is 13.7. The first-order valence-electron chi connectivity index (χ1n) is 7.75. The number of para-hydroxylation sites is 1. The van der Waals surface area contributed by atoms with E-state index in [2.05, 4.69) is 5.32 Å². The van der Waals surface area contributed by atoms with Crippen molar-refractivity contribution in [2.24, 2.45) is 0 Å². The fraction of sp³-hybridized carbons (Fsp3) is 0.263. The first kappa shape index (κ1) is 16.1. The Balaban J connectivity index is 1.74. The zero-order chi connectivity index (χ0) is 17.2. The molecule has 0 saturated heterocycles. The van der Waals surface area contributed by atoms with Gasteiger partial charge in [-0.1, -0.05) is 36.4 Å². The number of carbonyl (C=O) groups is 2. The molecule has 0 aliphatic carbocycles. The molecule has 3 rings (SSSR count). The summed E-state index contributed by atoms with van der Waals surface area (Å²) >= 11 is 0. The van der Waals surface area contributed by atoms with Crippen molar-refractivity contribution < 1.29 is 19.1 Å². The van der Waals surface area contributed by atoms with Crippen LogP contribution in [0.1, 0.15) is 28.4 Å². The van der Waals surface area contributed by atoms with E-state index in [0.29, 0.717) is 24.3 Å². The summed E-state index contributed by atoms with van der Waals surface area (Å²) in [5.74, 6) is -0.0861. The Kier molecular flexibility index (Phi) is 4.25. The molecule has 0 unspecified atom stereocenters. The van der Waals surface area contributed by atoms with Gasteiger partial charge in [-0.05, 0) is 24.6 Å². The van der Waals surface area contributed by atoms with Gasteiger partial charge >= 0.3 is 5.97 Å². The molecule has 1 atom stereocenters. The number of hydrogen-bond donors (Lipinski definition) is 1. The minimum absolute atomic E-state index is 0.303. The van der Waals surface area contributed by atoms with Crippen LogP contribution in [0.5, 0.6) is 5.75 Å². The summed E-state index contributed by atoms with van der Waals surface area (Å²) in [7, 11) is 1.59. The molecular weight excluding hydrogens is 306 g/mol. The van der Waals surface area contributed by atoms with E-state index < -0.39 is 11.6 Å². The second-order valence-corrected chi connectivity index (χ2v) is 5.95. The van der Waals surface area contributed by atoms with E-state index in [0.717, 1.165) is 11.1 Å². The number of cyclic esters (lactones) is 1. The number of rotatable bonds is 4. The molecule has 1 N–H and O–H groups in total. The van der Waals surface area contributed by atoms with Gasteiger partial charge in [-0.25, -0.2) is 4.79 Å². The van der Waals surface area contributed by atoms with Gasteiger partial charge in [-0.3, -0.25) is 4.79 Å². The van der Waals surface area contributed by atoms with Crippen LogP contribution in [0.4, 0.5) is 0 Å². The molecule has 0 spiro atoms. The summed E-state index contributed by atoms with van der Waals surface area (Å²) in [6.07, 6.45) is 0.354. The molecule has 0 saturated carbocycles. The fourth-order valence-electron chi connectivity index (χ4n) is 2.87. The Morgan fingerprint density at radius 3 is 2.71 bits per heavy atom. The summed E-state index contributed by atoms with van der Waals surface area (Å²) in [6.45, 7) is 1.94. The van der Waals surface area contributed by atoms with Crippen molar-refractivity contribution in [2.45, 2.75) is 25.5 Å². The van der Waals surface area contributed by atoms with Gasteiger partial charge in [0.05, 0.1) is 12.7 Å². The maximum atomic E-state index is 12.6. The highest BCUT2D eigenvalue weighted by molar-refractivity contribution is 5.97. The molecule has 1 amide bonds. The monoisotopic (exact) mass is 325 g/mol. The second kappa shape index (κ2) is 6.35. The van der Waals surface area contributed by atoms with E-state index in [9.17, 15) is 9.59 Å². The van der Waals surface area contributed by atoms with Crippen molar-refractivity contribution in [1.82, 2.24) is 5.32 Å². The lowest BCUT2D eigenvalue weighted by molar-refractivity contribution is -0.140. The van der Waals surface area contributed by atoms with Crippen LogP contribution in [-0.2, 0) is 22.5 Å². The normalized spacial score (nSPS) is 19.2.